The van der Waals surface area contributed by atoms with E-state index in [-0.39, 0.29) is 11.3 Å². The van der Waals surface area contributed by atoms with Crippen molar-refractivity contribution in [2.24, 2.45) is 5.73 Å². The van der Waals surface area contributed by atoms with Gasteiger partial charge in [-0.05, 0) is 30.4 Å². The molecule has 0 radical (unpaired) electrons. The van der Waals surface area contributed by atoms with Crippen molar-refractivity contribution in [1.82, 2.24) is 0 Å². The number of carbonyl (C=O) groups excluding carboxylic acids is 1. The van der Waals surface area contributed by atoms with Gasteiger partial charge in [-0.1, -0.05) is 32.0 Å². The summed E-state index contributed by atoms with van der Waals surface area (Å²) in [7, 11) is 0. The number of benzene rings is 1. The Morgan fingerprint density at radius 3 is 2.76 bits per heavy atom. The van der Waals surface area contributed by atoms with Gasteiger partial charge in [-0.2, -0.15) is 0 Å². The number of hydrogen-bond acceptors (Lipinski definition) is 2. The van der Waals surface area contributed by atoms with E-state index < -0.39 is 0 Å². The van der Waals surface area contributed by atoms with Crippen LogP contribution in [0.4, 0.5) is 5.69 Å². The third kappa shape index (κ3) is 2.14. The highest BCUT2D eigenvalue weighted by Gasteiger charge is 2.35. The van der Waals surface area contributed by atoms with E-state index in [2.05, 4.69) is 43.9 Å². The Bertz CT molecular complexity index is 440. The Balaban J connectivity index is 2.46. The van der Waals surface area contributed by atoms with Crippen LogP contribution in [0.25, 0.3) is 0 Å². The molecule has 92 valence electrons. The molecule has 0 spiro atoms. The Morgan fingerprint density at radius 2 is 2.12 bits per heavy atom. The number of hydrogen-bond donors (Lipinski definition) is 1. The van der Waals surface area contributed by atoms with E-state index in [1.54, 1.807) is 0 Å². The Labute approximate surface area is 103 Å². The fourth-order valence-corrected chi connectivity index (χ4v) is 2.90. The third-order valence-corrected chi connectivity index (χ3v) is 3.61. The molecule has 0 saturated heterocycles. The zero-order valence-electron chi connectivity index (χ0n) is 10.7. The zero-order valence-corrected chi connectivity index (χ0v) is 10.7. The summed E-state index contributed by atoms with van der Waals surface area (Å²) in [5.74, 6) is -0.272. The van der Waals surface area contributed by atoms with E-state index in [0.717, 1.165) is 12.1 Å². The number of rotatable bonds is 2. The molecule has 2 N–H and O–H groups in total. The highest BCUT2D eigenvalue weighted by Crippen LogP contribution is 2.41. The minimum atomic E-state index is -0.272. The maximum Gasteiger partial charge on any atom is 0.236 e. The average molecular weight is 232 g/mol. The molecular weight excluding hydrogens is 212 g/mol. The summed E-state index contributed by atoms with van der Waals surface area (Å²) in [4.78, 5) is 13.3. The monoisotopic (exact) mass is 232 g/mol. The topological polar surface area (TPSA) is 46.3 Å². The quantitative estimate of drug-likeness (QED) is 0.848. The van der Waals surface area contributed by atoms with Gasteiger partial charge >= 0.3 is 0 Å². The van der Waals surface area contributed by atoms with E-state index in [0.29, 0.717) is 12.6 Å². The molecule has 1 aliphatic heterocycles. The molecule has 1 atom stereocenters. The van der Waals surface area contributed by atoms with Crippen molar-refractivity contribution in [3.8, 4) is 0 Å². The maximum absolute atomic E-state index is 11.2. The van der Waals surface area contributed by atoms with Crippen LogP contribution < -0.4 is 10.6 Å². The van der Waals surface area contributed by atoms with Crippen molar-refractivity contribution in [3.05, 3.63) is 29.8 Å². The second-order valence-electron chi connectivity index (χ2n) is 5.55. The van der Waals surface area contributed by atoms with Gasteiger partial charge < -0.3 is 10.6 Å². The minimum absolute atomic E-state index is 0.157. The van der Waals surface area contributed by atoms with Gasteiger partial charge in [0, 0.05) is 11.7 Å². The lowest BCUT2D eigenvalue weighted by Crippen LogP contribution is -2.47. The molecule has 3 nitrogen and oxygen atoms in total. The summed E-state index contributed by atoms with van der Waals surface area (Å²) in [6, 6.07) is 8.64. The fraction of sp³-hybridized carbons (Fsp3) is 0.500. The molecule has 1 unspecified atom stereocenters. The zero-order chi connectivity index (χ0) is 12.6. The second-order valence-corrected chi connectivity index (χ2v) is 5.55. The first-order valence-corrected chi connectivity index (χ1v) is 6.06. The smallest absolute Gasteiger partial charge is 0.236 e. The number of amides is 1. The van der Waals surface area contributed by atoms with Gasteiger partial charge in [0.2, 0.25) is 5.91 Å². The first kappa shape index (κ1) is 12.0. The van der Waals surface area contributed by atoms with Crippen molar-refractivity contribution >= 4 is 11.6 Å². The molecular formula is C14H20N2O. The molecule has 17 heavy (non-hydrogen) atoms. The molecule has 0 saturated carbocycles. The number of carbonyl (C=O) groups is 1. The van der Waals surface area contributed by atoms with Crippen LogP contribution in [0.1, 0.15) is 32.8 Å². The predicted molar refractivity (Wildman–Crippen MR) is 70.1 cm³/mol. The van der Waals surface area contributed by atoms with Crippen molar-refractivity contribution in [2.75, 3.05) is 11.4 Å². The highest BCUT2D eigenvalue weighted by molar-refractivity contribution is 5.80. The van der Waals surface area contributed by atoms with Crippen LogP contribution in [0.5, 0.6) is 0 Å². The van der Waals surface area contributed by atoms with Crippen LogP contribution in [0.3, 0.4) is 0 Å². The fourth-order valence-electron chi connectivity index (χ4n) is 2.90. The lowest BCUT2D eigenvalue weighted by atomic mass is 9.75. The third-order valence-electron chi connectivity index (χ3n) is 3.61. The molecule has 0 aromatic heterocycles. The Kier molecular flexibility index (Phi) is 2.86. The summed E-state index contributed by atoms with van der Waals surface area (Å²) >= 11 is 0. The van der Waals surface area contributed by atoms with Gasteiger partial charge in [0.05, 0.1) is 6.54 Å². The average Bonchev–Trinajstić information content (AvgIpc) is 2.23. The van der Waals surface area contributed by atoms with Crippen molar-refractivity contribution in [1.29, 1.82) is 0 Å². The molecule has 1 aromatic carbocycles. The number of para-hydroxylation sites is 1. The van der Waals surface area contributed by atoms with Crippen molar-refractivity contribution in [3.63, 3.8) is 0 Å². The molecule has 0 fully saturated rings. The van der Waals surface area contributed by atoms with Crippen LogP contribution in [-0.2, 0) is 10.2 Å². The summed E-state index contributed by atoms with van der Waals surface area (Å²) in [6.07, 6.45) is 1.04. The normalized spacial score (nSPS) is 22.1. The predicted octanol–water partition coefficient (Wildman–Crippen LogP) is 2.05. The summed E-state index contributed by atoms with van der Waals surface area (Å²) < 4.78 is 0. The van der Waals surface area contributed by atoms with Gasteiger partial charge in [-0.3, -0.25) is 4.79 Å². The van der Waals surface area contributed by atoms with Crippen LogP contribution >= 0.6 is 0 Å². The Hall–Kier alpha value is -1.51. The van der Waals surface area contributed by atoms with E-state index in [4.69, 9.17) is 5.73 Å². The molecule has 0 aliphatic carbocycles. The van der Waals surface area contributed by atoms with Gasteiger partial charge in [-0.15, -0.1) is 0 Å². The molecule has 2 rings (SSSR count). The summed E-state index contributed by atoms with van der Waals surface area (Å²) in [6.45, 7) is 6.96. The van der Waals surface area contributed by atoms with E-state index in [1.807, 2.05) is 6.07 Å². The second kappa shape index (κ2) is 4.06. The molecule has 0 bridgehead atoms. The first-order chi connectivity index (χ1) is 7.92. The van der Waals surface area contributed by atoms with Gasteiger partial charge in [0.1, 0.15) is 0 Å². The van der Waals surface area contributed by atoms with Crippen LogP contribution in [-0.4, -0.2) is 18.5 Å². The van der Waals surface area contributed by atoms with Crippen LogP contribution in [0.15, 0.2) is 24.3 Å². The Morgan fingerprint density at radius 1 is 1.47 bits per heavy atom. The van der Waals surface area contributed by atoms with E-state index >= 15 is 0 Å². The number of fused-ring (bicyclic) bond motifs is 1. The summed E-state index contributed by atoms with van der Waals surface area (Å²) in [5, 5.41) is 0. The highest BCUT2D eigenvalue weighted by atomic mass is 16.1. The largest absolute Gasteiger partial charge is 0.368 e. The summed E-state index contributed by atoms with van der Waals surface area (Å²) in [5.41, 5.74) is 7.94. The SMILES string of the molecule is CC1CC(C)(C)c2ccccc2N1CC(N)=O. The first-order valence-electron chi connectivity index (χ1n) is 6.06. The van der Waals surface area contributed by atoms with Crippen molar-refractivity contribution < 1.29 is 4.79 Å². The molecule has 1 aromatic rings. The number of nitrogens with two attached hydrogens (primary N) is 1. The maximum atomic E-state index is 11.2. The van der Waals surface area contributed by atoms with Gasteiger partial charge in [0.25, 0.3) is 0 Å². The molecule has 1 amide bonds. The molecule has 1 heterocycles. The number of anilines is 1. The minimum Gasteiger partial charge on any atom is -0.368 e. The van der Waals surface area contributed by atoms with Crippen LogP contribution in [0, 0.1) is 0 Å². The van der Waals surface area contributed by atoms with E-state index in [9.17, 15) is 4.79 Å². The molecule has 1 aliphatic rings. The number of primary amides is 1. The van der Waals surface area contributed by atoms with Gasteiger partial charge in [-0.25, -0.2) is 0 Å². The number of nitrogens with zero attached hydrogens (tertiary/aromatic N) is 1. The van der Waals surface area contributed by atoms with Gasteiger partial charge in [0.15, 0.2) is 0 Å². The lowest BCUT2D eigenvalue weighted by Gasteiger charge is -2.44. The van der Waals surface area contributed by atoms with Crippen molar-refractivity contribution in [2.45, 2.75) is 38.6 Å². The standard InChI is InChI=1S/C14H20N2O/c1-10-8-14(2,3)11-6-4-5-7-12(11)16(10)9-13(15)17/h4-7,10H,8-9H2,1-3H3,(H2,15,17). The van der Waals surface area contributed by atoms with Crippen LogP contribution in [0.2, 0.25) is 0 Å². The lowest BCUT2D eigenvalue weighted by molar-refractivity contribution is -0.116. The van der Waals surface area contributed by atoms with E-state index in [1.165, 1.54) is 5.56 Å². The molecule has 3 heteroatoms.